The molecule has 68 valence electrons. The molecule has 3 nitrogen and oxygen atoms in total. The summed E-state index contributed by atoms with van der Waals surface area (Å²) < 4.78 is 10.8. The lowest BCUT2D eigenvalue weighted by molar-refractivity contribution is 0.230. The minimum atomic E-state index is -1.94. The summed E-state index contributed by atoms with van der Waals surface area (Å²) in [6.45, 7) is 4.20. The molecule has 0 spiro atoms. The van der Waals surface area contributed by atoms with Crippen LogP contribution < -0.4 is 5.32 Å². The van der Waals surface area contributed by atoms with Crippen LogP contribution in [-0.2, 0) is 8.85 Å². The Bertz CT molecular complexity index is 103. The zero-order valence-electron chi connectivity index (χ0n) is 8.10. The van der Waals surface area contributed by atoms with Crippen molar-refractivity contribution in [1.82, 2.24) is 5.32 Å². The van der Waals surface area contributed by atoms with E-state index in [0.717, 1.165) is 6.42 Å². The predicted molar refractivity (Wildman–Crippen MR) is 48.8 cm³/mol. The molecule has 0 saturated carbocycles. The highest BCUT2D eigenvalue weighted by Crippen LogP contribution is 2.12. The largest absolute Gasteiger partial charge is 0.397 e. The minimum Gasteiger partial charge on any atom is -0.397 e. The molecule has 0 aliphatic rings. The van der Waals surface area contributed by atoms with E-state index in [4.69, 9.17) is 8.85 Å². The maximum absolute atomic E-state index is 5.39. The molecule has 0 aromatic carbocycles. The molecule has 0 amide bonds. The normalized spacial score (nSPS) is 15.0. The molecule has 0 aromatic rings. The first-order chi connectivity index (χ1) is 5.14. The Labute approximate surface area is 70.3 Å². The second-order valence-electron chi connectivity index (χ2n) is 2.67. The van der Waals surface area contributed by atoms with Crippen LogP contribution in [0.4, 0.5) is 0 Å². The van der Waals surface area contributed by atoms with E-state index < -0.39 is 8.56 Å². The first-order valence-electron chi connectivity index (χ1n) is 3.92. The zero-order valence-corrected chi connectivity index (χ0v) is 9.10. The average molecular weight is 177 g/mol. The van der Waals surface area contributed by atoms with E-state index in [1.54, 1.807) is 14.2 Å². The lowest BCUT2D eigenvalue weighted by Crippen LogP contribution is -2.55. The van der Waals surface area contributed by atoms with E-state index in [1.165, 1.54) is 0 Å². The van der Waals surface area contributed by atoms with E-state index in [1.807, 2.05) is 7.05 Å². The molecule has 1 N–H and O–H groups in total. The highest BCUT2D eigenvalue weighted by atomic mass is 28.4. The lowest BCUT2D eigenvalue weighted by atomic mass is 10.5. The molecule has 1 atom stereocenters. The van der Waals surface area contributed by atoms with E-state index in [-0.39, 0.29) is 0 Å². The van der Waals surface area contributed by atoms with Gasteiger partial charge in [-0.15, -0.1) is 0 Å². The van der Waals surface area contributed by atoms with Crippen molar-refractivity contribution in [3.8, 4) is 0 Å². The van der Waals surface area contributed by atoms with Gasteiger partial charge in [0.1, 0.15) is 0 Å². The Morgan fingerprint density at radius 1 is 1.36 bits per heavy atom. The second-order valence-corrected chi connectivity index (χ2v) is 6.22. The van der Waals surface area contributed by atoms with Gasteiger partial charge in [-0.3, -0.25) is 0 Å². The summed E-state index contributed by atoms with van der Waals surface area (Å²) in [5, 5.41) is 3.21. The molecule has 1 unspecified atom stereocenters. The van der Waals surface area contributed by atoms with Gasteiger partial charge in [0, 0.05) is 19.9 Å². The van der Waals surface area contributed by atoms with Crippen LogP contribution in [0, 0.1) is 0 Å². The lowest BCUT2D eigenvalue weighted by Gasteiger charge is -2.30. The molecule has 0 radical (unpaired) electrons. The molecule has 0 saturated heterocycles. The molecule has 0 fully saturated rings. The number of rotatable bonds is 5. The molecule has 0 aliphatic heterocycles. The van der Waals surface area contributed by atoms with Gasteiger partial charge in [0.15, 0.2) is 0 Å². The third-order valence-electron chi connectivity index (χ3n) is 2.20. The summed E-state index contributed by atoms with van der Waals surface area (Å²) in [6, 6.07) is 0. The van der Waals surface area contributed by atoms with Crippen LogP contribution in [-0.4, -0.2) is 35.5 Å². The van der Waals surface area contributed by atoms with Gasteiger partial charge in [-0.05, 0) is 20.0 Å². The molecule has 0 bridgehead atoms. The smallest absolute Gasteiger partial charge is 0.351 e. The van der Waals surface area contributed by atoms with E-state index in [2.05, 4.69) is 18.8 Å². The minimum absolute atomic E-state index is 0.373. The summed E-state index contributed by atoms with van der Waals surface area (Å²) in [4.78, 5) is 0. The first-order valence-corrected chi connectivity index (χ1v) is 6.31. The van der Waals surface area contributed by atoms with Crippen LogP contribution in [0.1, 0.15) is 13.3 Å². The highest BCUT2D eigenvalue weighted by Gasteiger charge is 2.37. The molecular formula is C7H19NO2Si. The van der Waals surface area contributed by atoms with Crippen LogP contribution in [0.25, 0.3) is 0 Å². The Balaban J connectivity index is 4.19. The predicted octanol–water partition coefficient (Wildman–Crippen LogP) is 0.888. The highest BCUT2D eigenvalue weighted by molar-refractivity contribution is 6.67. The average Bonchev–Trinajstić information content (AvgIpc) is 2.06. The summed E-state index contributed by atoms with van der Waals surface area (Å²) in [7, 11) is 3.44. The van der Waals surface area contributed by atoms with Crippen LogP contribution in [0.3, 0.4) is 0 Å². The van der Waals surface area contributed by atoms with Crippen LogP contribution >= 0.6 is 0 Å². The van der Waals surface area contributed by atoms with Crippen molar-refractivity contribution < 1.29 is 8.85 Å². The van der Waals surface area contributed by atoms with Gasteiger partial charge in [0.05, 0.1) is 0 Å². The fourth-order valence-electron chi connectivity index (χ4n) is 1.20. The van der Waals surface area contributed by atoms with Gasteiger partial charge < -0.3 is 14.2 Å². The summed E-state index contributed by atoms with van der Waals surface area (Å²) >= 11 is 0. The maximum Gasteiger partial charge on any atom is 0.351 e. The van der Waals surface area contributed by atoms with Crippen LogP contribution in [0.5, 0.6) is 0 Å². The Hall–Kier alpha value is 0.0969. The molecule has 4 heteroatoms. The second kappa shape index (κ2) is 4.87. The molecule has 0 aliphatic carbocycles. The van der Waals surface area contributed by atoms with Crippen LogP contribution in [0.15, 0.2) is 0 Å². The summed E-state index contributed by atoms with van der Waals surface area (Å²) in [5.41, 5.74) is 0.373. The van der Waals surface area contributed by atoms with Crippen molar-refractivity contribution in [3.05, 3.63) is 0 Å². The molecule has 0 heterocycles. The van der Waals surface area contributed by atoms with Gasteiger partial charge in [-0.25, -0.2) is 0 Å². The quantitative estimate of drug-likeness (QED) is 0.633. The molecular weight excluding hydrogens is 158 g/mol. The third-order valence-corrected chi connectivity index (χ3v) is 5.78. The van der Waals surface area contributed by atoms with Crippen molar-refractivity contribution in [2.75, 3.05) is 21.3 Å². The molecule has 0 rings (SSSR count). The molecule has 11 heavy (non-hydrogen) atoms. The van der Waals surface area contributed by atoms with Crippen molar-refractivity contribution in [1.29, 1.82) is 0 Å². The fraction of sp³-hybridized carbons (Fsp3) is 1.00. The zero-order chi connectivity index (χ0) is 8.91. The van der Waals surface area contributed by atoms with Gasteiger partial charge in [0.2, 0.25) is 0 Å². The SMILES string of the molecule is CCC(NC)[Si](C)(OC)OC. The third kappa shape index (κ3) is 2.55. The standard InChI is InChI=1S/C7H19NO2Si/c1-6-7(8-2)11(5,9-3)10-4/h7-8H,6H2,1-5H3. The summed E-state index contributed by atoms with van der Waals surface area (Å²) in [6.07, 6.45) is 1.04. The van der Waals surface area contributed by atoms with E-state index in [9.17, 15) is 0 Å². The number of hydrogen-bond acceptors (Lipinski definition) is 3. The monoisotopic (exact) mass is 177 g/mol. The first kappa shape index (κ1) is 11.1. The van der Waals surface area contributed by atoms with E-state index in [0.29, 0.717) is 5.67 Å². The van der Waals surface area contributed by atoms with Crippen LogP contribution in [0.2, 0.25) is 6.55 Å². The van der Waals surface area contributed by atoms with Gasteiger partial charge in [0.25, 0.3) is 0 Å². The van der Waals surface area contributed by atoms with Crippen molar-refractivity contribution in [2.45, 2.75) is 25.6 Å². The topological polar surface area (TPSA) is 30.5 Å². The fourth-order valence-corrected chi connectivity index (χ4v) is 3.21. The van der Waals surface area contributed by atoms with Crippen molar-refractivity contribution in [3.63, 3.8) is 0 Å². The van der Waals surface area contributed by atoms with Crippen molar-refractivity contribution in [2.24, 2.45) is 0 Å². The van der Waals surface area contributed by atoms with E-state index >= 15 is 0 Å². The number of hydrogen-bond donors (Lipinski definition) is 1. The summed E-state index contributed by atoms with van der Waals surface area (Å²) in [5.74, 6) is 0. The molecule has 0 aromatic heterocycles. The Morgan fingerprint density at radius 2 is 1.82 bits per heavy atom. The Morgan fingerprint density at radius 3 is 1.91 bits per heavy atom. The maximum atomic E-state index is 5.39. The van der Waals surface area contributed by atoms with Gasteiger partial charge >= 0.3 is 8.56 Å². The van der Waals surface area contributed by atoms with Gasteiger partial charge in [-0.1, -0.05) is 6.92 Å². The van der Waals surface area contributed by atoms with Crippen molar-refractivity contribution >= 4 is 8.56 Å². The van der Waals surface area contributed by atoms with Gasteiger partial charge in [-0.2, -0.15) is 0 Å². The Kier molecular flexibility index (Phi) is 4.91. The number of nitrogens with one attached hydrogen (secondary N) is 1.